The van der Waals surface area contributed by atoms with Gasteiger partial charge in [0.05, 0.1) is 11.6 Å². The average Bonchev–Trinajstić information content (AvgIpc) is 2.36. The van der Waals surface area contributed by atoms with E-state index in [1.165, 1.54) is 19.9 Å². The highest BCUT2D eigenvalue weighted by molar-refractivity contribution is 5.96. The third kappa shape index (κ3) is 2.18. The molecule has 21 heavy (non-hydrogen) atoms. The molecular formula is C17H14O4. The summed E-state index contributed by atoms with van der Waals surface area (Å²) in [5.41, 5.74) is 0.492. The Bertz CT molecular complexity index is 929. The maximum absolute atomic E-state index is 12.2. The molecule has 1 aromatic carbocycles. The molecule has 0 saturated carbocycles. The van der Waals surface area contributed by atoms with Crippen LogP contribution in [0.2, 0.25) is 0 Å². The highest BCUT2D eigenvalue weighted by Gasteiger charge is 2.17. The Morgan fingerprint density at radius 1 is 1.24 bits per heavy atom. The minimum atomic E-state index is -0.293. The lowest BCUT2D eigenvalue weighted by Gasteiger charge is -2.13. The smallest absolute Gasteiger partial charge is 0.193 e. The van der Waals surface area contributed by atoms with Crippen molar-refractivity contribution in [2.45, 2.75) is 20.3 Å². The van der Waals surface area contributed by atoms with Gasteiger partial charge in [0, 0.05) is 17.0 Å². The molecule has 0 saturated heterocycles. The minimum absolute atomic E-state index is 0.00428. The lowest BCUT2D eigenvalue weighted by atomic mass is 9.96. The first-order valence-electron chi connectivity index (χ1n) is 6.65. The van der Waals surface area contributed by atoms with E-state index in [4.69, 9.17) is 4.42 Å². The Morgan fingerprint density at radius 2 is 2.00 bits per heavy atom. The van der Waals surface area contributed by atoms with E-state index in [1.54, 1.807) is 12.1 Å². The van der Waals surface area contributed by atoms with Gasteiger partial charge in [0.25, 0.3) is 0 Å². The standard InChI is InChI=1S/C17H14O4/c1-9(18)6-12-7-11-4-3-5-13-16(10(2)19)14(20)8-15(21-12)17(11)13/h3-5,7-8,19H,6H2,1-2H3/b16-10+. The third-order valence-corrected chi connectivity index (χ3v) is 3.46. The van der Waals surface area contributed by atoms with Crippen molar-refractivity contribution in [1.29, 1.82) is 0 Å². The topological polar surface area (TPSA) is 67.5 Å². The van der Waals surface area contributed by atoms with Gasteiger partial charge in [-0.3, -0.25) is 9.59 Å². The molecule has 1 N–H and O–H groups in total. The Kier molecular flexibility index (Phi) is 3.01. The van der Waals surface area contributed by atoms with Crippen LogP contribution in [-0.4, -0.2) is 10.9 Å². The molecule has 106 valence electrons. The zero-order chi connectivity index (χ0) is 15.1. The number of carbonyl (C=O) groups excluding carboxylic acids is 1. The number of Topliss-reactive ketones (excluding diaryl/α,β-unsaturated/α-hetero) is 1. The molecule has 1 aliphatic carbocycles. The fourth-order valence-electron chi connectivity index (χ4n) is 2.70. The van der Waals surface area contributed by atoms with Crippen molar-refractivity contribution in [3.63, 3.8) is 0 Å². The van der Waals surface area contributed by atoms with E-state index < -0.39 is 0 Å². The molecule has 1 aromatic rings. The van der Waals surface area contributed by atoms with Gasteiger partial charge in [0.15, 0.2) is 5.43 Å². The number of hydrogen-bond acceptors (Lipinski definition) is 4. The highest BCUT2D eigenvalue weighted by atomic mass is 16.3. The largest absolute Gasteiger partial charge is 0.512 e. The number of benzene rings is 2. The van der Waals surface area contributed by atoms with Gasteiger partial charge < -0.3 is 9.52 Å². The molecule has 4 heteroatoms. The van der Waals surface area contributed by atoms with Crippen molar-refractivity contribution < 1.29 is 14.3 Å². The summed E-state index contributed by atoms with van der Waals surface area (Å²) in [6.45, 7) is 2.98. The summed E-state index contributed by atoms with van der Waals surface area (Å²) in [5.74, 6) is 0.950. The van der Waals surface area contributed by atoms with Gasteiger partial charge in [0.2, 0.25) is 0 Å². The molecule has 1 heterocycles. The van der Waals surface area contributed by atoms with Crippen LogP contribution in [-0.2, 0) is 11.2 Å². The van der Waals surface area contributed by atoms with Gasteiger partial charge >= 0.3 is 0 Å². The SMILES string of the molecule is CC(=O)Cc1cc2cccc3c2-c(cc(=O)/c3=C(\C)O)o1. The summed E-state index contributed by atoms with van der Waals surface area (Å²) in [6.07, 6.45) is 0.191. The number of rotatable bonds is 2. The van der Waals surface area contributed by atoms with Crippen LogP contribution < -0.4 is 10.6 Å². The summed E-state index contributed by atoms with van der Waals surface area (Å²) >= 11 is 0. The zero-order valence-corrected chi connectivity index (χ0v) is 11.8. The molecule has 0 unspecified atom stereocenters. The van der Waals surface area contributed by atoms with E-state index in [-0.39, 0.29) is 23.4 Å². The number of ketones is 1. The molecule has 0 bridgehead atoms. The van der Waals surface area contributed by atoms with Gasteiger partial charge in [-0.25, -0.2) is 0 Å². The van der Waals surface area contributed by atoms with Gasteiger partial charge in [-0.15, -0.1) is 0 Å². The highest BCUT2D eigenvalue weighted by Crippen LogP contribution is 2.31. The summed E-state index contributed by atoms with van der Waals surface area (Å²) in [5, 5.41) is 11.6. The summed E-state index contributed by atoms with van der Waals surface area (Å²) in [7, 11) is 0. The Hall–Kier alpha value is -2.62. The Labute approximate surface area is 120 Å². The van der Waals surface area contributed by atoms with Crippen molar-refractivity contribution in [2.24, 2.45) is 0 Å². The van der Waals surface area contributed by atoms with Crippen LogP contribution in [0.3, 0.4) is 0 Å². The maximum Gasteiger partial charge on any atom is 0.193 e. The summed E-state index contributed by atoms with van der Waals surface area (Å²) in [6, 6.07) is 8.67. The van der Waals surface area contributed by atoms with Crippen LogP contribution in [0.4, 0.5) is 0 Å². The molecule has 0 atom stereocenters. The normalized spacial score (nSPS) is 12.9. The van der Waals surface area contributed by atoms with Gasteiger partial charge in [-0.05, 0) is 25.3 Å². The summed E-state index contributed by atoms with van der Waals surface area (Å²) in [4.78, 5) is 23.4. The van der Waals surface area contributed by atoms with Crippen LogP contribution in [0.25, 0.3) is 27.9 Å². The predicted octanol–water partition coefficient (Wildman–Crippen LogP) is 2.43. The van der Waals surface area contributed by atoms with Crippen LogP contribution in [0.1, 0.15) is 19.6 Å². The van der Waals surface area contributed by atoms with Crippen molar-refractivity contribution in [2.75, 3.05) is 0 Å². The van der Waals surface area contributed by atoms with E-state index in [0.717, 1.165) is 10.9 Å². The number of hydrogen-bond donors (Lipinski definition) is 1. The second-order valence-corrected chi connectivity index (χ2v) is 5.19. The third-order valence-electron chi connectivity index (χ3n) is 3.46. The van der Waals surface area contributed by atoms with Crippen LogP contribution in [0.15, 0.2) is 39.5 Å². The first-order chi connectivity index (χ1) is 9.97. The molecule has 0 fully saturated rings. The molecule has 0 radical (unpaired) electrons. The minimum Gasteiger partial charge on any atom is -0.512 e. The molecular weight excluding hydrogens is 268 g/mol. The molecule has 4 nitrogen and oxygen atoms in total. The molecule has 1 aliphatic heterocycles. The number of aliphatic hydroxyl groups excluding tert-OH is 1. The fourth-order valence-corrected chi connectivity index (χ4v) is 2.70. The Morgan fingerprint density at radius 3 is 2.67 bits per heavy atom. The van der Waals surface area contributed by atoms with E-state index in [0.29, 0.717) is 22.1 Å². The van der Waals surface area contributed by atoms with Crippen molar-refractivity contribution in [1.82, 2.24) is 0 Å². The van der Waals surface area contributed by atoms with Gasteiger partial charge in [0.1, 0.15) is 23.1 Å². The van der Waals surface area contributed by atoms with Gasteiger partial charge in [-0.1, -0.05) is 18.2 Å². The average molecular weight is 282 g/mol. The lowest BCUT2D eigenvalue weighted by molar-refractivity contribution is -0.116. The predicted molar refractivity (Wildman–Crippen MR) is 80.4 cm³/mol. The molecule has 3 rings (SSSR count). The molecule has 0 aromatic heterocycles. The van der Waals surface area contributed by atoms with E-state index in [9.17, 15) is 14.7 Å². The van der Waals surface area contributed by atoms with Gasteiger partial charge in [-0.2, -0.15) is 0 Å². The lowest BCUT2D eigenvalue weighted by Crippen LogP contribution is -2.27. The Balaban J connectivity index is 2.49. The van der Waals surface area contributed by atoms with Crippen LogP contribution in [0.5, 0.6) is 0 Å². The second kappa shape index (κ2) is 4.74. The number of carbonyl (C=O) groups is 1. The van der Waals surface area contributed by atoms with E-state index in [2.05, 4.69) is 0 Å². The van der Waals surface area contributed by atoms with E-state index in [1.807, 2.05) is 12.1 Å². The maximum atomic E-state index is 12.2. The van der Waals surface area contributed by atoms with Crippen molar-refractivity contribution >= 4 is 22.3 Å². The molecule has 2 aliphatic rings. The first-order valence-corrected chi connectivity index (χ1v) is 6.65. The van der Waals surface area contributed by atoms with Crippen molar-refractivity contribution in [3.05, 3.63) is 51.5 Å². The van der Waals surface area contributed by atoms with Crippen LogP contribution >= 0.6 is 0 Å². The quantitative estimate of drug-likeness (QED) is 0.784. The van der Waals surface area contributed by atoms with Crippen molar-refractivity contribution in [3.8, 4) is 11.3 Å². The second-order valence-electron chi connectivity index (χ2n) is 5.19. The summed E-state index contributed by atoms with van der Waals surface area (Å²) < 4.78 is 5.68. The van der Waals surface area contributed by atoms with E-state index >= 15 is 0 Å². The monoisotopic (exact) mass is 282 g/mol. The van der Waals surface area contributed by atoms with Crippen LogP contribution in [0, 0.1) is 0 Å². The zero-order valence-electron chi connectivity index (χ0n) is 11.8. The number of aliphatic hydroxyl groups is 1. The first kappa shape index (κ1) is 13.4. The fraction of sp³-hybridized carbons (Fsp3) is 0.176. The molecule has 0 spiro atoms. The molecule has 0 amide bonds.